The third-order valence-corrected chi connectivity index (χ3v) is 4.55. The molecule has 1 aliphatic heterocycles. The lowest BCUT2D eigenvalue weighted by Crippen LogP contribution is -2.49. The molecule has 1 aromatic carbocycles. The molecular formula is C15H18N2O2S. The van der Waals surface area contributed by atoms with Crippen LogP contribution in [0.4, 0.5) is 0 Å². The van der Waals surface area contributed by atoms with E-state index in [0.29, 0.717) is 24.9 Å². The van der Waals surface area contributed by atoms with E-state index in [1.54, 1.807) is 35.8 Å². The average Bonchev–Trinajstić information content (AvgIpc) is 2.48. The van der Waals surface area contributed by atoms with Gasteiger partial charge in [-0.05, 0) is 42.0 Å². The summed E-state index contributed by atoms with van der Waals surface area (Å²) in [5.74, 6) is 1.45. The highest BCUT2D eigenvalue weighted by Crippen LogP contribution is 2.28. The minimum atomic E-state index is -1.20. The Kier molecular flexibility index (Phi) is 4.69. The standard InChI is InChI=1S/C15H18N2O2S/c1-17(11-13-4-2-12(10-16)3-5-13)14(18)15(19)6-8-20-9-7-15/h2-5,19H,6-9,11H2,1H3. The van der Waals surface area contributed by atoms with Crippen LogP contribution in [0, 0.1) is 11.3 Å². The van der Waals surface area contributed by atoms with Crippen LogP contribution >= 0.6 is 11.8 Å². The van der Waals surface area contributed by atoms with E-state index in [2.05, 4.69) is 6.07 Å². The zero-order valence-corrected chi connectivity index (χ0v) is 12.3. The van der Waals surface area contributed by atoms with Crippen LogP contribution in [0.5, 0.6) is 0 Å². The summed E-state index contributed by atoms with van der Waals surface area (Å²) < 4.78 is 0. The quantitative estimate of drug-likeness (QED) is 0.921. The summed E-state index contributed by atoms with van der Waals surface area (Å²) in [4.78, 5) is 13.9. The van der Waals surface area contributed by atoms with Gasteiger partial charge in [0.05, 0.1) is 11.6 Å². The molecule has 2 rings (SSSR count). The predicted octanol–water partition coefficient (Wildman–Crippen LogP) is 1.77. The van der Waals surface area contributed by atoms with E-state index in [9.17, 15) is 9.90 Å². The van der Waals surface area contributed by atoms with Crippen LogP contribution in [0.1, 0.15) is 24.0 Å². The predicted molar refractivity (Wildman–Crippen MR) is 79.1 cm³/mol. The number of hydrogen-bond acceptors (Lipinski definition) is 4. The zero-order chi connectivity index (χ0) is 14.6. The monoisotopic (exact) mass is 290 g/mol. The van der Waals surface area contributed by atoms with Gasteiger partial charge in [0, 0.05) is 13.6 Å². The smallest absolute Gasteiger partial charge is 0.254 e. The molecule has 1 heterocycles. The van der Waals surface area contributed by atoms with Crippen molar-refractivity contribution in [3.8, 4) is 6.07 Å². The van der Waals surface area contributed by atoms with E-state index >= 15 is 0 Å². The first-order chi connectivity index (χ1) is 9.55. The summed E-state index contributed by atoms with van der Waals surface area (Å²) in [7, 11) is 1.71. The average molecular weight is 290 g/mol. The van der Waals surface area contributed by atoms with Crippen molar-refractivity contribution in [1.29, 1.82) is 5.26 Å². The Hall–Kier alpha value is -1.51. The Morgan fingerprint density at radius 2 is 2.00 bits per heavy atom. The lowest BCUT2D eigenvalue weighted by Gasteiger charge is -2.34. The minimum absolute atomic E-state index is 0.206. The third kappa shape index (κ3) is 3.33. The molecule has 0 radical (unpaired) electrons. The highest BCUT2D eigenvalue weighted by Gasteiger charge is 2.39. The molecule has 1 fully saturated rings. The summed E-state index contributed by atoms with van der Waals surface area (Å²) in [6.45, 7) is 0.444. The van der Waals surface area contributed by atoms with Gasteiger partial charge in [-0.25, -0.2) is 0 Å². The van der Waals surface area contributed by atoms with E-state index in [0.717, 1.165) is 17.1 Å². The van der Waals surface area contributed by atoms with Gasteiger partial charge in [0.15, 0.2) is 0 Å². The molecule has 0 saturated carbocycles. The van der Waals surface area contributed by atoms with Crippen LogP contribution in [-0.2, 0) is 11.3 Å². The van der Waals surface area contributed by atoms with Crippen molar-refractivity contribution >= 4 is 17.7 Å². The van der Waals surface area contributed by atoms with Crippen molar-refractivity contribution in [1.82, 2.24) is 4.90 Å². The van der Waals surface area contributed by atoms with Gasteiger partial charge in [0.1, 0.15) is 5.60 Å². The van der Waals surface area contributed by atoms with Gasteiger partial charge in [0.25, 0.3) is 5.91 Å². The number of hydrogen-bond donors (Lipinski definition) is 1. The van der Waals surface area contributed by atoms with Crippen LogP contribution in [-0.4, -0.2) is 40.1 Å². The van der Waals surface area contributed by atoms with Crippen molar-refractivity contribution in [3.63, 3.8) is 0 Å². The largest absolute Gasteiger partial charge is 0.380 e. The first kappa shape index (κ1) is 14.9. The number of aliphatic hydroxyl groups is 1. The molecule has 5 heteroatoms. The summed E-state index contributed by atoms with van der Waals surface area (Å²) in [6.07, 6.45) is 1.04. The van der Waals surface area contributed by atoms with Crippen molar-refractivity contribution in [3.05, 3.63) is 35.4 Å². The molecule has 1 aromatic rings. The topological polar surface area (TPSA) is 64.3 Å². The molecule has 1 aliphatic rings. The maximum Gasteiger partial charge on any atom is 0.254 e. The van der Waals surface area contributed by atoms with Crippen molar-refractivity contribution in [2.45, 2.75) is 25.0 Å². The maximum absolute atomic E-state index is 12.4. The van der Waals surface area contributed by atoms with Crippen LogP contribution in [0.15, 0.2) is 24.3 Å². The SMILES string of the molecule is CN(Cc1ccc(C#N)cc1)C(=O)C1(O)CCSCC1. The number of carbonyl (C=O) groups is 1. The van der Waals surface area contributed by atoms with Crippen LogP contribution in [0.3, 0.4) is 0 Å². The van der Waals surface area contributed by atoms with Gasteiger partial charge < -0.3 is 10.0 Å². The molecule has 106 valence electrons. The fourth-order valence-corrected chi connectivity index (χ4v) is 3.48. The molecular weight excluding hydrogens is 272 g/mol. The van der Waals surface area contributed by atoms with Crippen molar-refractivity contribution in [2.75, 3.05) is 18.6 Å². The number of thioether (sulfide) groups is 1. The van der Waals surface area contributed by atoms with Gasteiger partial charge in [-0.1, -0.05) is 12.1 Å². The molecule has 0 spiro atoms. The first-order valence-corrected chi connectivity index (χ1v) is 7.75. The number of carbonyl (C=O) groups excluding carboxylic acids is 1. The maximum atomic E-state index is 12.4. The molecule has 0 unspecified atom stereocenters. The highest BCUT2D eigenvalue weighted by atomic mass is 32.2. The van der Waals surface area contributed by atoms with Crippen molar-refractivity contribution < 1.29 is 9.90 Å². The fourth-order valence-electron chi connectivity index (χ4n) is 2.31. The van der Waals surface area contributed by atoms with E-state index in [4.69, 9.17) is 5.26 Å². The number of nitriles is 1. The molecule has 0 aromatic heterocycles. The Labute approximate surface area is 123 Å². The Morgan fingerprint density at radius 3 is 2.55 bits per heavy atom. The summed E-state index contributed by atoms with van der Waals surface area (Å²) in [6, 6.07) is 9.21. The number of nitrogens with zero attached hydrogens (tertiary/aromatic N) is 2. The van der Waals surface area contributed by atoms with Crippen LogP contribution in [0.2, 0.25) is 0 Å². The lowest BCUT2D eigenvalue weighted by molar-refractivity contribution is -0.151. The minimum Gasteiger partial charge on any atom is -0.380 e. The number of benzene rings is 1. The molecule has 1 N–H and O–H groups in total. The molecule has 0 aliphatic carbocycles. The summed E-state index contributed by atoms with van der Waals surface area (Å²) >= 11 is 1.77. The van der Waals surface area contributed by atoms with Gasteiger partial charge in [-0.15, -0.1) is 0 Å². The highest BCUT2D eigenvalue weighted by molar-refractivity contribution is 7.99. The summed E-state index contributed by atoms with van der Waals surface area (Å²) in [5, 5.41) is 19.2. The van der Waals surface area contributed by atoms with E-state index < -0.39 is 5.60 Å². The van der Waals surface area contributed by atoms with Crippen LogP contribution < -0.4 is 0 Å². The van der Waals surface area contributed by atoms with Gasteiger partial charge >= 0.3 is 0 Å². The zero-order valence-electron chi connectivity index (χ0n) is 11.5. The third-order valence-electron chi connectivity index (χ3n) is 3.57. The molecule has 4 nitrogen and oxygen atoms in total. The van der Waals surface area contributed by atoms with E-state index in [1.807, 2.05) is 12.1 Å². The first-order valence-electron chi connectivity index (χ1n) is 6.60. The normalized spacial score (nSPS) is 17.2. The number of likely N-dealkylation sites (N-methyl/N-ethyl adjacent to an activating group) is 1. The summed E-state index contributed by atoms with van der Waals surface area (Å²) in [5.41, 5.74) is 0.353. The Morgan fingerprint density at radius 1 is 1.40 bits per heavy atom. The Balaban J connectivity index is 2.01. The molecule has 20 heavy (non-hydrogen) atoms. The second-order valence-corrected chi connectivity index (χ2v) is 6.34. The molecule has 1 saturated heterocycles. The van der Waals surface area contributed by atoms with Crippen molar-refractivity contribution in [2.24, 2.45) is 0 Å². The second kappa shape index (κ2) is 6.29. The molecule has 0 bridgehead atoms. The van der Waals surface area contributed by atoms with Crippen LogP contribution in [0.25, 0.3) is 0 Å². The molecule has 0 atom stereocenters. The van der Waals surface area contributed by atoms with E-state index in [-0.39, 0.29) is 5.91 Å². The van der Waals surface area contributed by atoms with Gasteiger partial charge in [-0.3, -0.25) is 4.79 Å². The second-order valence-electron chi connectivity index (χ2n) is 5.11. The van der Waals surface area contributed by atoms with Gasteiger partial charge in [-0.2, -0.15) is 17.0 Å². The van der Waals surface area contributed by atoms with E-state index in [1.165, 1.54) is 0 Å². The Bertz CT molecular complexity index is 516. The fraction of sp³-hybridized carbons (Fsp3) is 0.467. The van der Waals surface area contributed by atoms with Gasteiger partial charge in [0.2, 0.25) is 0 Å². The molecule has 1 amide bonds. The number of rotatable bonds is 3. The number of amides is 1. The lowest BCUT2D eigenvalue weighted by atomic mass is 9.95.